The summed E-state index contributed by atoms with van der Waals surface area (Å²) < 4.78 is 5.51. The van der Waals surface area contributed by atoms with Gasteiger partial charge in [-0.15, -0.1) is 0 Å². The first-order chi connectivity index (χ1) is 6.68. The van der Waals surface area contributed by atoms with Crippen LogP contribution in [0.5, 0.6) is 0 Å². The smallest absolute Gasteiger partial charge is 0.0918 e. The number of hydrogen-bond donors (Lipinski definition) is 2. The molecule has 0 saturated heterocycles. The van der Waals surface area contributed by atoms with Crippen molar-refractivity contribution < 1.29 is 4.74 Å². The zero-order valence-electron chi connectivity index (χ0n) is 8.96. The van der Waals surface area contributed by atoms with E-state index < -0.39 is 0 Å². The van der Waals surface area contributed by atoms with Crippen LogP contribution in [-0.4, -0.2) is 44.1 Å². The molecule has 4 nitrogen and oxygen atoms in total. The van der Waals surface area contributed by atoms with Crippen LogP contribution >= 0.6 is 0 Å². The Bertz CT molecular complexity index is 180. The van der Waals surface area contributed by atoms with E-state index >= 15 is 0 Å². The van der Waals surface area contributed by atoms with Gasteiger partial charge in [-0.1, -0.05) is 0 Å². The molecule has 0 aromatic rings. The fourth-order valence-corrected chi connectivity index (χ4v) is 1.18. The molecule has 0 spiro atoms. The Balaban J connectivity index is 1.85. The lowest BCUT2D eigenvalue weighted by Crippen LogP contribution is -2.27. The minimum Gasteiger partial charge on any atom is -0.388 e. The molecule has 1 saturated carbocycles. The van der Waals surface area contributed by atoms with E-state index in [1.165, 1.54) is 12.8 Å². The molecule has 0 aliphatic heterocycles. The quantitative estimate of drug-likeness (QED) is 0.343. The lowest BCUT2D eigenvalue weighted by Gasteiger charge is -2.15. The Kier molecular flexibility index (Phi) is 4.90. The summed E-state index contributed by atoms with van der Waals surface area (Å²) in [6, 6.07) is 0. The van der Waals surface area contributed by atoms with Crippen molar-refractivity contribution in [3.8, 4) is 0 Å². The minimum absolute atomic E-state index is 0.260. The molecular formula is C10H21N3O. The van der Waals surface area contributed by atoms with E-state index in [1.54, 1.807) is 0 Å². The summed E-state index contributed by atoms with van der Waals surface area (Å²) in [4.78, 5) is 2.15. The van der Waals surface area contributed by atoms with Gasteiger partial charge in [0.15, 0.2) is 0 Å². The third-order valence-electron chi connectivity index (χ3n) is 2.43. The highest BCUT2D eigenvalue weighted by molar-refractivity contribution is 5.76. The van der Waals surface area contributed by atoms with E-state index in [-0.39, 0.29) is 5.84 Å². The summed E-state index contributed by atoms with van der Waals surface area (Å²) in [6.45, 7) is 3.51. The predicted octanol–water partition coefficient (Wildman–Crippen LogP) is 0.671. The predicted molar refractivity (Wildman–Crippen MR) is 57.6 cm³/mol. The standard InChI is InChI=1S/C10H21N3O/c1-13(5-4-10(11)12)6-7-14-8-9-2-3-9/h9H,2-8H2,1H3,(H3,11,12). The Morgan fingerprint density at radius 1 is 1.50 bits per heavy atom. The van der Waals surface area contributed by atoms with Crippen molar-refractivity contribution in [3.63, 3.8) is 0 Å². The lowest BCUT2D eigenvalue weighted by molar-refractivity contribution is 0.104. The maximum Gasteiger partial charge on any atom is 0.0918 e. The highest BCUT2D eigenvalue weighted by Crippen LogP contribution is 2.28. The number of ether oxygens (including phenoxy) is 1. The van der Waals surface area contributed by atoms with Crippen LogP contribution in [0.4, 0.5) is 0 Å². The SMILES string of the molecule is CN(CCOCC1CC1)CCC(=N)N. The third-order valence-corrected chi connectivity index (χ3v) is 2.43. The van der Waals surface area contributed by atoms with Crippen molar-refractivity contribution in [3.05, 3.63) is 0 Å². The van der Waals surface area contributed by atoms with E-state index in [2.05, 4.69) is 4.90 Å². The Morgan fingerprint density at radius 2 is 2.21 bits per heavy atom. The van der Waals surface area contributed by atoms with Crippen molar-refractivity contribution in [1.29, 1.82) is 5.41 Å². The average Bonchev–Trinajstić information content (AvgIpc) is 2.92. The molecule has 4 heteroatoms. The lowest BCUT2D eigenvalue weighted by atomic mass is 10.4. The molecule has 0 unspecified atom stereocenters. The second-order valence-electron chi connectivity index (χ2n) is 4.10. The number of nitrogens with zero attached hydrogens (tertiary/aromatic N) is 1. The first-order valence-corrected chi connectivity index (χ1v) is 5.27. The molecule has 14 heavy (non-hydrogen) atoms. The van der Waals surface area contributed by atoms with Gasteiger partial charge in [0.2, 0.25) is 0 Å². The summed E-state index contributed by atoms with van der Waals surface area (Å²) in [5.41, 5.74) is 5.27. The van der Waals surface area contributed by atoms with E-state index in [9.17, 15) is 0 Å². The van der Waals surface area contributed by atoms with Crippen LogP contribution in [0.1, 0.15) is 19.3 Å². The highest BCUT2D eigenvalue weighted by atomic mass is 16.5. The number of hydrogen-bond acceptors (Lipinski definition) is 3. The zero-order chi connectivity index (χ0) is 10.4. The number of nitrogens with one attached hydrogen (secondary N) is 1. The fraction of sp³-hybridized carbons (Fsp3) is 0.900. The van der Waals surface area contributed by atoms with Crippen LogP contribution < -0.4 is 5.73 Å². The first kappa shape index (κ1) is 11.5. The van der Waals surface area contributed by atoms with Gasteiger partial charge < -0.3 is 15.4 Å². The van der Waals surface area contributed by atoms with E-state index in [1.807, 2.05) is 7.05 Å². The molecule has 1 fully saturated rings. The zero-order valence-corrected chi connectivity index (χ0v) is 8.96. The van der Waals surface area contributed by atoms with Crippen molar-refractivity contribution in [2.75, 3.05) is 33.4 Å². The summed E-state index contributed by atoms with van der Waals surface area (Å²) in [5.74, 6) is 1.10. The van der Waals surface area contributed by atoms with Crippen molar-refractivity contribution in [1.82, 2.24) is 4.90 Å². The van der Waals surface area contributed by atoms with Gasteiger partial charge in [-0.25, -0.2) is 0 Å². The molecule has 1 aliphatic carbocycles. The number of likely N-dealkylation sites (N-methyl/N-ethyl adjacent to an activating group) is 1. The van der Waals surface area contributed by atoms with E-state index in [0.29, 0.717) is 6.42 Å². The van der Waals surface area contributed by atoms with Gasteiger partial charge in [0, 0.05) is 26.1 Å². The molecule has 0 atom stereocenters. The second-order valence-corrected chi connectivity index (χ2v) is 4.10. The van der Waals surface area contributed by atoms with Crippen molar-refractivity contribution in [2.24, 2.45) is 11.7 Å². The molecule has 0 heterocycles. The van der Waals surface area contributed by atoms with Gasteiger partial charge in [-0.2, -0.15) is 0 Å². The number of rotatable bonds is 8. The Labute approximate surface area is 85.9 Å². The van der Waals surface area contributed by atoms with Crippen LogP contribution in [0, 0.1) is 11.3 Å². The van der Waals surface area contributed by atoms with Crippen LogP contribution in [0.25, 0.3) is 0 Å². The van der Waals surface area contributed by atoms with Crippen LogP contribution in [0.3, 0.4) is 0 Å². The van der Waals surface area contributed by atoms with Crippen LogP contribution in [-0.2, 0) is 4.74 Å². The number of nitrogens with two attached hydrogens (primary N) is 1. The normalized spacial score (nSPS) is 16.1. The first-order valence-electron chi connectivity index (χ1n) is 5.27. The maximum atomic E-state index is 7.09. The summed E-state index contributed by atoms with van der Waals surface area (Å²) >= 11 is 0. The summed E-state index contributed by atoms with van der Waals surface area (Å²) in [5, 5.41) is 7.09. The molecule has 0 radical (unpaired) electrons. The molecule has 3 N–H and O–H groups in total. The van der Waals surface area contributed by atoms with Gasteiger partial charge in [0.25, 0.3) is 0 Å². The second kappa shape index (κ2) is 5.98. The van der Waals surface area contributed by atoms with E-state index in [4.69, 9.17) is 15.9 Å². The maximum absolute atomic E-state index is 7.09. The van der Waals surface area contributed by atoms with Gasteiger partial charge in [-0.3, -0.25) is 5.41 Å². The van der Waals surface area contributed by atoms with Gasteiger partial charge in [-0.05, 0) is 25.8 Å². The molecule has 0 aromatic heterocycles. The van der Waals surface area contributed by atoms with Gasteiger partial charge in [0.05, 0.1) is 12.4 Å². The summed E-state index contributed by atoms with van der Waals surface area (Å²) in [6.07, 6.45) is 3.35. The Morgan fingerprint density at radius 3 is 2.79 bits per heavy atom. The largest absolute Gasteiger partial charge is 0.388 e. The topological polar surface area (TPSA) is 62.3 Å². The van der Waals surface area contributed by atoms with Crippen molar-refractivity contribution >= 4 is 5.84 Å². The monoisotopic (exact) mass is 199 g/mol. The highest BCUT2D eigenvalue weighted by Gasteiger charge is 2.20. The molecule has 1 rings (SSSR count). The van der Waals surface area contributed by atoms with Crippen LogP contribution in [0.2, 0.25) is 0 Å². The molecule has 1 aliphatic rings. The van der Waals surface area contributed by atoms with Crippen LogP contribution in [0.15, 0.2) is 0 Å². The third kappa shape index (κ3) is 5.94. The molecular weight excluding hydrogens is 178 g/mol. The van der Waals surface area contributed by atoms with E-state index in [0.717, 1.165) is 32.2 Å². The van der Waals surface area contributed by atoms with Gasteiger partial charge in [0.1, 0.15) is 0 Å². The summed E-state index contributed by atoms with van der Waals surface area (Å²) in [7, 11) is 2.03. The van der Waals surface area contributed by atoms with Crippen molar-refractivity contribution in [2.45, 2.75) is 19.3 Å². The molecule has 0 amide bonds. The molecule has 82 valence electrons. The fourth-order valence-electron chi connectivity index (χ4n) is 1.18. The molecule has 0 bridgehead atoms. The minimum atomic E-state index is 0.260. The Hall–Kier alpha value is -0.610. The number of amidine groups is 1. The molecule has 0 aromatic carbocycles. The van der Waals surface area contributed by atoms with Gasteiger partial charge >= 0.3 is 0 Å². The average molecular weight is 199 g/mol.